The maximum absolute atomic E-state index is 11.9. The van der Waals surface area contributed by atoms with Gasteiger partial charge in [-0.25, -0.2) is 9.78 Å². The number of pyridine rings is 1. The quantitative estimate of drug-likeness (QED) is 0.832. The van der Waals surface area contributed by atoms with Crippen molar-refractivity contribution in [3.63, 3.8) is 0 Å². The topological polar surface area (TPSA) is 96.8 Å². The van der Waals surface area contributed by atoms with E-state index in [0.717, 1.165) is 0 Å². The van der Waals surface area contributed by atoms with Crippen LogP contribution in [0, 0.1) is 0 Å². The lowest BCUT2D eigenvalue weighted by molar-refractivity contribution is -0.172. The van der Waals surface area contributed by atoms with Crippen LogP contribution in [-0.4, -0.2) is 32.9 Å². The summed E-state index contributed by atoms with van der Waals surface area (Å²) < 4.78 is 0. The molecule has 2 aromatic rings. The number of hydrogen-bond donors (Lipinski definition) is 1. The zero-order valence-electron chi connectivity index (χ0n) is 10.8. The third-order valence-electron chi connectivity index (χ3n) is 3.09. The van der Waals surface area contributed by atoms with Crippen LogP contribution >= 0.6 is 0 Å². The lowest BCUT2D eigenvalue weighted by atomic mass is 10.2. The van der Waals surface area contributed by atoms with Gasteiger partial charge in [-0.05, 0) is 12.1 Å². The molecular weight excluding hydrogens is 276 g/mol. The van der Waals surface area contributed by atoms with Crippen molar-refractivity contribution in [2.45, 2.75) is 12.8 Å². The number of phenols is 1. The summed E-state index contributed by atoms with van der Waals surface area (Å²) in [7, 11) is 0. The van der Waals surface area contributed by atoms with Gasteiger partial charge in [-0.2, -0.15) is 0 Å². The Morgan fingerprint density at radius 2 is 1.86 bits per heavy atom. The molecule has 0 bridgehead atoms. The molecule has 0 aliphatic carbocycles. The first-order chi connectivity index (χ1) is 10.1. The Hall–Kier alpha value is -2.96. The number of carbonyl (C=O) groups excluding carboxylic acids is 3. The fourth-order valence-electron chi connectivity index (χ4n) is 2.03. The maximum Gasteiger partial charge on any atom is 0.382 e. The van der Waals surface area contributed by atoms with E-state index in [1.807, 2.05) is 0 Å². The number of carbonyl (C=O) groups is 3. The first kappa shape index (κ1) is 13.0. The highest BCUT2D eigenvalue weighted by atomic mass is 16.7. The van der Waals surface area contributed by atoms with Gasteiger partial charge in [0.1, 0.15) is 11.3 Å². The first-order valence-electron chi connectivity index (χ1n) is 6.23. The Labute approximate surface area is 118 Å². The second kappa shape index (κ2) is 4.86. The van der Waals surface area contributed by atoms with Crippen molar-refractivity contribution in [2.24, 2.45) is 0 Å². The number of imide groups is 1. The Kier molecular flexibility index (Phi) is 3.02. The highest BCUT2D eigenvalue weighted by molar-refractivity contribution is 6.02. The largest absolute Gasteiger partial charge is 0.506 e. The van der Waals surface area contributed by atoms with E-state index in [9.17, 15) is 19.5 Å². The van der Waals surface area contributed by atoms with Gasteiger partial charge in [-0.3, -0.25) is 9.59 Å². The molecule has 1 fully saturated rings. The number of benzene rings is 1. The van der Waals surface area contributed by atoms with Crippen LogP contribution in [0.15, 0.2) is 30.3 Å². The summed E-state index contributed by atoms with van der Waals surface area (Å²) in [6.07, 6.45) is 0.0517. The molecule has 1 aromatic heterocycles. The number of para-hydroxylation sites is 1. The lowest BCUT2D eigenvalue weighted by Gasteiger charge is -2.12. The highest BCUT2D eigenvalue weighted by Crippen LogP contribution is 2.23. The van der Waals surface area contributed by atoms with Crippen LogP contribution in [0.25, 0.3) is 10.9 Å². The third-order valence-corrected chi connectivity index (χ3v) is 3.09. The SMILES string of the molecule is O=C(ON1C(=O)CCC1=O)c1ccc2cccc(O)c2n1. The molecule has 3 rings (SSSR count). The van der Waals surface area contributed by atoms with Gasteiger partial charge < -0.3 is 9.94 Å². The molecule has 1 aromatic carbocycles. The number of nitrogens with zero attached hydrogens (tertiary/aromatic N) is 2. The number of amides is 2. The van der Waals surface area contributed by atoms with E-state index >= 15 is 0 Å². The van der Waals surface area contributed by atoms with Gasteiger partial charge in [-0.1, -0.05) is 18.2 Å². The van der Waals surface area contributed by atoms with Gasteiger partial charge >= 0.3 is 5.97 Å². The Bertz CT molecular complexity index is 755. The van der Waals surface area contributed by atoms with Crippen LogP contribution in [0.5, 0.6) is 5.75 Å². The van der Waals surface area contributed by atoms with Crippen molar-refractivity contribution in [3.05, 3.63) is 36.0 Å². The molecule has 1 N–H and O–H groups in total. The zero-order chi connectivity index (χ0) is 15.0. The predicted molar refractivity (Wildman–Crippen MR) is 69.9 cm³/mol. The van der Waals surface area contributed by atoms with Crippen molar-refractivity contribution in [3.8, 4) is 5.75 Å². The summed E-state index contributed by atoms with van der Waals surface area (Å²) in [6.45, 7) is 0. The standard InChI is InChI=1S/C14H10N2O5/c17-10-3-1-2-8-4-5-9(15-13(8)10)14(20)21-16-11(18)6-7-12(16)19/h1-5,17H,6-7H2. The number of aromatic hydroxyl groups is 1. The fraction of sp³-hybridized carbons (Fsp3) is 0.143. The van der Waals surface area contributed by atoms with Gasteiger partial charge in [0, 0.05) is 18.2 Å². The molecule has 7 nitrogen and oxygen atoms in total. The molecule has 7 heteroatoms. The summed E-state index contributed by atoms with van der Waals surface area (Å²) in [5, 5.41) is 10.8. The monoisotopic (exact) mass is 286 g/mol. The van der Waals surface area contributed by atoms with Crippen LogP contribution < -0.4 is 0 Å². The van der Waals surface area contributed by atoms with Gasteiger partial charge in [-0.15, -0.1) is 5.06 Å². The van der Waals surface area contributed by atoms with E-state index in [2.05, 4.69) is 4.98 Å². The molecule has 0 unspecified atom stereocenters. The van der Waals surface area contributed by atoms with Crippen LogP contribution in [0.1, 0.15) is 23.3 Å². The molecule has 21 heavy (non-hydrogen) atoms. The predicted octanol–water partition coefficient (Wildman–Crippen LogP) is 1.16. The summed E-state index contributed by atoms with van der Waals surface area (Å²) in [5.41, 5.74) is 0.141. The lowest BCUT2D eigenvalue weighted by Crippen LogP contribution is -2.32. The number of fused-ring (bicyclic) bond motifs is 1. The summed E-state index contributed by atoms with van der Waals surface area (Å²) in [6, 6.07) is 7.81. The number of hydroxylamine groups is 2. The van der Waals surface area contributed by atoms with Gasteiger partial charge in [0.2, 0.25) is 0 Å². The van der Waals surface area contributed by atoms with Gasteiger partial charge in [0.05, 0.1) is 0 Å². The van der Waals surface area contributed by atoms with E-state index in [4.69, 9.17) is 4.84 Å². The van der Waals surface area contributed by atoms with E-state index in [0.29, 0.717) is 10.4 Å². The Morgan fingerprint density at radius 1 is 1.14 bits per heavy atom. The first-order valence-corrected chi connectivity index (χ1v) is 6.23. The molecule has 0 atom stereocenters. The minimum absolute atomic E-state index is 0.0258. The van der Waals surface area contributed by atoms with Crippen molar-refractivity contribution in [2.75, 3.05) is 0 Å². The summed E-state index contributed by atoms with van der Waals surface area (Å²) in [5.74, 6) is -2.12. The molecule has 0 radical (unpaired) electrons. The van der Waals surface area contributed by atoms with Crippen molar-refractivity contribution in [1.29, 1.82) is 0 Å². The second-order valence-corrected chi connectivity index (χ2v) is 4.51. The second-order valence-electron chi connectivity index (χ2n) is 4.51. The van der Waals surface area contributed by atoms with Gasteiger partial charge in [0.15, 0.2) is 5.69 Å². The molecule has 2 heterocycles. The fourth-order valence-corrected chi connectivity index (χ4v) is 2.03. The van der Waals surface area contributed by atoms with Crippen molar-refractivity contribution in [1.82, 2.24) is 10.0 Å². The smallest absolute Gasteiger partial charge is 0.382 e. The molecule has 106 valence electrons. The Balaban J connectivity index is 1.90. The summed E-state index contributed by atoms with van der Waals surface area (Å²) in [4.78, 5) is 43.5. The van der Waals surface area contributed by atoms with E-state index in [1.165, 1.54) is 12.1 Å². The molecular formula is C14H10N2O5. The number of rotatable bonds is 2. The number of phenolic OH excluding ortho intramolecular Hbond substituents is 1. The van der Waals surface area contributed by atoms with Crippen molar-refractivity contribution < 1.29 is 24.3 Å². The number of aromatic nitrogens is 1. The number of hydrogen-bond acceptors (Lipinski definition) is 6. The maximum atomic E-state index is 11.9. The summed E-state index contributed by atoms with van der Waals surface area (Å²) >= 11 is 0. The highest BCUT2D eigenvalue weighted by Gasteiger charge is 2.33. The molecule has 1 aliphatic rings. The van der Waals surface area contributed by atoms with E-state index in [-0.39, 0.29) is 29.8 Å². The average Bonchev–Trinajstić information content (AvgIpc) is 2.79. The minimum Gasteiger partial charge on any atom is -0.506 e. The third kappa shape index (κ3) is 2.29. The van der Waals surface area contributed by atoms with Crippen LogP contribution in [0.2, 0.25) is 0 Å². The van der Waals surface area contributed by atoms with Crippen LogP contribution in [0.3, 0.4) is 0 Å². The molecule has 2 amide bonds. The molecule has 1 aliphatic heterocycles. The van der Waals surface area contributed by atoms with Crippen molar-refractivity contribution >= 4 is 28.7 Å². The normalized spacial score (nSPS) is 14.8. The van der Waals surface area contributed by atoms with Crippen LogP contribution in [0.4, 0.5) is 0 Å². The van der Waals surface area contributed by atoms with Crippen LogP contribution in [-0.2, 0) is 14.4 Å². The molecule has 1 saturated heterocycles. The van der Waals surface area contributed by atoms with Gasteiger partial charge in [0.25, 0.3) is 11.8 Å². The zero-order valence-corrected chi connectivity index (χ0v) is 10.8. The molecule has 0 saturated carbocycles. The average molecular weight is 286 g/mol. The molecule has 0 spiro atoms. The van der Waals surface area contributed by atoms with E-state index < -0.39 is 17.8 Å². The minimum atomic E-state index is -0.927. The Morgan fingerprint density at radius 3 is 2.57 bits per heavy atom. The van der Waals surface area contributed by atoms with E-state index in [1.54, 1.807) is 18.2 Å².